The fourth-order valence-electron chi connectivity index (χ4n) is 4.45. The molecule has 2 unspecified atom stereocenters. The Bertz CT molecular complexity index is 573. The van der Waals surface area contributed by atoms with Crippen molar-refractivity contribution in [2.45, 2.75) is 90.0 Å². The lowest BCUT2D eigenvalue weighted by molar-refractivity contribution is -0.1000. The summed E-state index contributed by atoms with van der Waals surface area (Å²) < 4.78 is 5.99. The average Bonchev–Trinajstić information content (AvgIpc) is 2.54. The van der Waals surface area contributed by atoms with Crippen LogP contribution in [0, 0.1) is 0 Å². The van der Waals surface area contributed by atoms with Crippen molar-refractivity contribution in [2.75, 3.05) is 13.2 Å². The van der Waals surface area contributed by atoms with Crippen LogP contribution in [0.25, 0.3) is 0 Å². The van der Waals surface area contributed by atoms with Gasteiger partial charge in [0.2, 0.25) is 0 Å². The first-order valence-electron chi connectivity index (χ1n) is 9.92. The highest BCUT2D eigenvalue weighted by Crippen LogP contribution is 2.38. The van der Waals surface area contributed by atoms with Gasteiger partial charge in [0.1, 0.15) is 18.5 Å². The highest BCUT2D eigenvalue weighted by Gasteiger charge is 2.45. The first-order chi connectivity index (χ1) is 12.1. The molecule has 2 atom stereocenters. The van der Waals surface area contributed by atoms with Crippen LogP contribution in [-0.4, -0.2) is 51.6 Å². The lowest BCUT2D eigenvalue weighted by Crippen LogP contribution is -2.63. The second-order valence-corrected chi connectivity index (χ2v) is 9.11. The van der Waals surface area contributed by atoms with E-state index in [0.717, 1.165) is 25.0 Å². The molecule has 1 aliphatic rings. The zero-order valence-electron chi connectivity index (χ0n) is 17.7. The fourth-order valence-corrected chi connectivity index (χ4v) is 4.45. The number of para-hydroxylation sites is 1. The molecule has 1 aromatic rings. The molecular weight excluding hydrogens is 362 g/mol. The fraction of sp³-hybridized carbons (Fsp3) is 0.727. The second kappa shape index (κ2) is 9.60. The average molecular weight is 400 g/mol. The van der Waals surface area contributed by atoms with Crippen LogP contribution in [0.15, 0.2) is 24.3 Å². The normalized spacial score (nSPS) is 21.9. The molecule has 1 saturated heterocycles. The van der Waals surface area contributed by atoms with Crippen LogP contribution in [0.2, 0.25) is 0 Å². The topological polar surface area (TPSA) is 52.9 Å². The van der Waals surface area contributed by atoms with Crippen molar-refractivity contribution < 1.29 is 14.9 Å². The number of hydrogen-bond acceptors (Lipinski definition) is 4. The molecule has 156 valence electrons. The Morgan fingerprint density at radius 2 is 1.70 bits per heavy atom. The van der Waals surface area contributed by atoms with Crippen LogP contribution in [-0.2, 0) is 0 Å². The molecule has 2 N–H and O–H groups in total. The molecule has 0 bridgehead atoms. The number of β-amino-alcohol motifs (C(OH)–C–C–N with tert-alkyl or cyclic N) is 1. The molecular formula is C22H38ClNO3. The number of ether oxygens (including phenoxy) is 1. The molecule has 0 amide bonds. The number of halogens is 1. The zero-order valence-corrected chi connectivity index (χ0v) is 18.6. The molecule has 27 heavy (non-hydrogen) atoms. The van der Waals surface area contributed by atoms with Gasteiger partial charge in [0.05, 0.1) is 6.10 Å². The molecule has 0 radical (unpaired) electrons. The molecule has 1 heterocycles. The molecule has 1 fully saturated rings. The molecule has 0 saturated carbocycles. The Kier molecular flexibility index (Phi) is 8.61. The Labute approximate surface area is 171 Å². The van der Waals surface area contributed by atoms with E-state index < -0.39 is 6.10 Å². The minimum absolute atomic E-state index is 0. The first-order valence-corrected chi connectivity index (χ1v) is 9.92. The summed E-state index contributed by atoms with van der Waals surface area (Å²) in [5, 5.41) is 20.8. The predicted molar refractivity (Wildman–Crippen MR) is 114 cm³/mol. The number of rotatable bonds is 7. The van der Waals surface area contributed by atoms with Crippen molar-refractivity contribution in [3.05, 3.63) is 29.8 Å². The summed E-state index contributed by atoms with van der Waals surface area (Å²) in [4.78, 5) is 2.32. The maximum absolute atomic E-state index is 10.7. The maximum Gasteiger partial charge on any atom is 0.122 e. The van der Waals surface area contributed by atoms with Gasteiger partial charge in [0.25, 0.3) is 0 Å². The largest absolute Gasteiger partial charge is 0.491 e. The van der Waals surface area contributed by atoms with E-state index in [9.17, 15) is 10.2 Å². The lowest BCUT2D eigenvalue weighted by atomic mass is 9.78. The summed E-state index contributed by atoms with van der Waals surface area (Å²) in [6, 6.07) is 8.11. The van der Waals surface area contributed by atoms with Crippen LogP contribution >= 0.6 is 12.4 Å². The van der Waals surface area contributed by atoms with E-state index in [0.29, 0.717) is 12.5 Å². The van der Waals surface area contributed by atoms with Crippen LogP contribution in [0.3, 0.4) is 0 Å². The number of piperidine rings is 1. The van der Waals surface area contributed by atoms with Crippen LogP contribution in [0.5, 0.6) is 5.75 Å². The molecule has 0 aliphatic carbocycles. The molecule has 0 aromatic heterocycles. The van der Waals surface area contributed by atoms with Gasteiger partial charge >= 0.3 is 0 Å². The van der Waals surface area contributed by atoms with Crippen LogP contribution < -0.4 is 4.74 Å². The first kappa shape index (κ1) is 24.2. The van der Waals surface area contributed by atoms with E-state index in [-0.39, 0.29) is 36.2 Å². The highest BCUT2D eigenvalue weighted by atomic mass is 35.5. The third-order valence-corrected chi connectivity index (χ3v) is 5.82. The van der Waals surface area contributed by atoms with Gasteiger partial charge in [-0.05, 0) is 64.5 Å². The second-order valence-electron chi connectivity index (χ2n) is 9.11. The van der Waals surface area contributed by atoms with Crippen molar-refractivity contribution >= 4 is 12.4 Å². The Morgan fingerprint density at radius 3 is 2.26 bits per heavy atom. The molecule has 1 aliphatic heterocycles. The van der Waals surface area contributed by atoms with Crippen molar-refractivity contribution in [3.8, 4) is 5.75 Å². The maximum atomic E-state index is 10.7. The van der Waals surface area contributed by atoms with Crippen molar-refractivity contribution in [1.82, 2.24) is 4.90 Å². The van der Waals surface area contributed by atoms with Crippen LogP contribution in [0.1, 0.15) is 72.3 Å². The Morgan fingerprint density at radius 1 is 1.15 bits per heavy atom. The number of aliphatic hydroxyl groups excluding tert-OH is 2. The Hall–Kier alpha value is -0.810. The quantitative estimate of drug-likeness (QED) is 0.714. The van der Waals surface area contributed by atoms with Gasteiger partial charge in [0, 0.05) is 17.6 Å². The number of benzene rings is 1. The zero-order chi connectivity index (χ0) is 19.5. The van der Waals surface area contributed by atoms with Gasteiger partial charge in [-0.1, -0.05) is 32.0 Å². The summed E-state index contributed by atoms with van der Waals surface area (Å²) in [6.07, 6.45) is 1.64. The van der Waals surface area contributed by atoms with Gasteiger partial charge in [-0.25, -0.2) is 0 Å². The van der Waals surface area contributed by atoms with E-state index in [1.807, 2.05) is 18.2 Å². The van der Waals surface area contributed by atoms with Crippen LogP contribution in [0.4, 0.5) is 0 Å². The summed E-state index contributed by atoms with van der Waals surface area (Å²) >= 11 is 0. The summed E-state index contributed by atoms with van der Waals surface area (Å²) in [5.41, 5.74) is 0.886. The Balaban J connectivity index is 0.00000364. The number of nitrogens with zero attached hydrogens (tertiary/aromatic N) is 1. The van der Waals surface area contributed by atoms with Crippen molar-refractivity contribution in [1.29, 1.82) is 0 Å². The van der Waals surface area contributed by atoms with Gasteiger partial charge in [-0.15, -0.1) is 12.4 Å². The molecule has 2 rings (SSSR count). The predicted octanol–water partition coefficient (Wildman–Crippen LogP) is 4.38. The number of aliphatic hydroxyl groups is 2. The third kappa shape index (κ3) is 6.08. The molecule has 0 spiro atoms. The highest BCUT2D eigenvalue weighted by molar-refractivity contribution is 5.85. The van der Waals surface area contributed by atoms with Gasteiger partial charge in [0.15, 0.2) is 0 Å². The summed E-state index contributed by atoms with van der Waals surface area (Å²) in [7, 11) is 0. The van der Waals surface area contributed by atoms with E-state index >= 15 is 0 Å². The van der Waals surface area contributed by atoms with Gasteiger partial charge < -0.3 is 14.9 Å². The SMILES string of the molecule is CCC(C)c1ccccc1OCC(O)CN1C(C)(C)CC(O)CC1(C)C.Cl. The summed E-state index contributed by atoms with van der Waals surface area (Å²) in [6.45, 7) is 13.8. The van der Waals surface area contributed by atoms with Gasteiger partial charge in [-0.2, -0.15) is 0 Å². The number of likely N-dealkylation sites (tertiary alicyclic amines) is 1. The minimum Gasteiger partial charge on any atom is -0.491 e. The monoisotopic (exact) mass is 399 g/mol. The van der Waals surface area contributed by atoms with Gasteiger partial charge in [-0.3, -0.25) is 4.90 Å². The summed E-state index contributed by atoms with van der Waals surface area (Å²) in [5.74, 6) is 1.30. The minimum atomic E-state index is -0.575. The van der Waals surface area contributed by atoms with Crippen molar-refractivity contribution in [2.24, 2.45) is 0 Å². The standard InChI is InChI=1S/C22H37NO3.ClH/c1-7-16(2)19-10-8-9-11-20(19)26-15-18(25)14-23-21(3,4)12-17(24)13-22(23,5)6;/h8-11,16-18,24-25H,7,12-15H2,1-6H3;1H. The molecule has 1 aromatic carbocycles. The smallest absolute Gasteiger partial charge is 0.122 e. The van der Waals surface area contributed by atoms with E-state index in [4.69, 9.17) is 4.74 Å². The lowest BCUT2D eigenvalue weighted by Gasteiger charge is -2.55. The molecule has 5 heteroatoms. The van der Waals surface area contributed by atoms with E-state index in [1.54, 1.807) is 0 Å². The van der Waals surface area contributed by atoms with Crippen molar-refractivity contribution in [3.63, 3.8) is 0 Å². The van der Waals surface area contributed by atoms with E-state index in [1.165, 1.54) is 5.56 Å². The third-order valence-electron chi connectivity index (χ3n) is 5.82. The van der Waals surface area contributed by atoms with E-state index in [2.05, 4.69) is 52.5 Å². The molecule has 4 nitrogen and oxygen atoms in total. The number of hydrogen-bond donors (Lipinski definition) is 2.